The molecule has 0 radical (unpaired) electrons. The van der Waals surface area contributed by atoms with Crippen molar-refractivity contribution in [2.45, 2.75) is 101 Å². The molecule has 2 aliphatic rings. The summed E-state index contributed by atoms with van der Waals surface area (Å²) < 4.78 is 120. The second kappa shape index (κ2) is 12.3. The molecule has 1 aromatic carbocycles. The number of hydrogen-bond acceptors (Lipinski definition) is 6. The van der Waals surface area contributed by atoms with Gasteiger partial charge in [-0.1, -0.05) is 25.3 Å². The Hall–Kier alpha value is -2.23. The summed E-state index contributed by atoms with van der Waals surface area (Å²) in [7, 11) is -4.62. The molecule has 43 heavy (non-hydrogen) atoms. The molecule has 1 saturated heterocycles. The summed E-state index contributed by atoms with van der Waals surface area (Å²) >= 11 is 0.696. The molecule has 15 heteroatoms. The number of carbonyl (C=O) groups excluding carboxylic acids is 1. The number of halogens is 6. The minimum absolute atomic E-state index is 0.0374. The predicted octanol–water partition coefficient (Wildman–Crippen LogP) is 6.87. The maximum Gasteiger partial charge on any atom is 0.417 e. The van der Waals surface area contributed by atoms with Crippen LogP contribution in [0.3, 0.4) is 0 Å². The molecule has 1 saturated carbocycles. The predicted molar refractivity (Wildman–Crippen MR) is 149 cm³/mol. The fourth-order valence-electron chi connectivity index (χ4n) is 5.58. The summed E-state index contributed by atoms with van der Waals surface area (Å²) in [5.41, 5.74) is -5.01. The van der Waals surface area contributed by atoms with E-state index >= 15 is 0 Å². The highest BCUT2D eigenvalue weighted by molar-refractivity contribution is 7.89. The van der Waals surface area contributed by atoms with Gasteiger partial charge in [-0.05, 0) is 64.2 Å². The molecular weight excluding hydrogens is 620 g/mol. The van der Waals surface area contributed by atoms with E-state index in [0.29, 0.717) is 62.7 Å². The quantitative estimate of drug-likeness (QED) is 0.318. The van der Waals surface area contributed by atoms with E-state index in [1.807, 2.05) is 0 Å². The molecule has 2 aromatic rings. The first-order valence-corrected chi connectivity index (χ1v) is 16.3. The van der Waals surface area contributed by atoms with E-state index in [-0.39, 0.29) is 40.0 Å². The summed E-state index contributed by atoms with van der Waals surface area (Å²) in [6.45, 7) is 5.28. The number of amides is 1. The highest BCUT2D eigenvalue weighted by atomic mass is 32.2. The maximum absolute atomic E-state index is 14.5. The van der Waals surface area contributed by atoms with Gasteiger partial charge >= 0.3 is 12.4 Å². The molecule has 0 spiro atoms. The van der Waals surface area contributed by atoms with Gasteiger partial charge in [0.15, 0.2) is 5.01 Å². The lowest BCUT2D eigenvalue weighted by Gasteiger charge is -2.38. The van der Waals surface area contributed by atoms with Crippen molar-refractivity contribution in [1.82, 2.24) is 15.0 Å². The minimum Gasteiger partial charge on any atom is -0.381 e. The summed E-state index contributed by atoms with van der Waals surface area (Å²) in [5.74, 6) is -0.640. The van der Waals surface area contributed by atoms with Crippen LogP contribution >= 0.6 is 11.3 Å². The Labute approximate surface area is 250 Å². The van der Waals surface area contributed by atoms with E-state index in [1.165, 1.54) is 20.8 Å². The summed E-state index contributed by atoms with van der Waals surface area (Å²) in [5, 5.41) is 2.62. The molecule has 2 heterocycles. The largest absolute Gasteiger partial charge is 0.417 e. The van der Waals surface area contributed by atoms with E-state index < -0.39 is 56.1 Å². The fourth-order valence-corrected chi connectivity index (χ4v) is 8.19. The number of nitrogens with zero attached hydrogens (tertiary/aromatic N) is 1. The zero-order valence-corrected chi connectivity index (χ0v) is 25.7. The average Bonchev–Trinajstić information content (AvgIpc) is 3.31. The van der Waals surface area contributed by atoms with Crippen molar-refractivity contribution in [2.24, 2.45) is 5.41 Å². The first-order chi connectivity index (χ1) is 19.8. The standard InChI is InChI=1S/C28H35F6N3O4S2/c1-25(2,3)37-43(39,40)21-8-7-17(15-19(21)27(29,30)31)22-20(16-26(28(32,33)34)11-5-4-6-12-26)36-24(42-22)23(38)35-18-9-13-41-14-10-18/h7-8,15,18,37H,4-6,9-14,16H2,1-3H3,(H,35,38). The van der Waals surface area contributed by atoms with Gasteiger partial charge in [-0.25, -0.2) is 18.1 Å². The fraction of sp³-hybridized carbons (Fsp3) is 0.643. The van der Waals surface area contributed by atoms with Crippen molar-refractivity contribution >= 4 is 27.3 Å². The zero-order chi connectivity index (χ0) is 31.8. The molecular formula is C28H35F6N3O4S2. The third-order valence-electron chi connectivity index (χ3n) is 7.64. The SMILES string of the molecule is CC(C)(C)NS(=O)(=O)c1ccc(-c2sc(C(=O)NC3CCOCC3)nc2CC2(C(F)(F)F)CCCCC2)cc1C(F)(F)F. The number of rotatable bonds is 7. The number of ether oxygens (including phenoxy) is 1. The molecule has 1 amide bonds. The smallest absolute Gasteiger partial charge is 0.381 e. The monoisotopic (exact) mass is 655 g/mol. The lowest BCUT2D eigenvalue weighted by atomic mass is 9.70. The number of sulfonamides is 1. The molecule has 0 bridgehead atoms. The van der Waals surface area contributed by atoms with Crippen LogP contribution in [0.15, 0.2) is 23.1 Å². The zero-order valence-electron chi connectivity index (χ0n) is 24.0. The van der Waals surface area contributed by atoms with Crippen LogP contribution in [0, 0.1) is 5.41 Å². The third-order valence-corrected chi connectivity index (χ3v) is 10.6. The van der Waals surface area contributed by atoms with Crippen molar-refractivity contribution in [3.8, 4) is 10.4 Å². The first-order valence-electron chi connectivity index (χ1n) is 14.0. The minimum atomic E-state index is -5.11. The number of aromatic nitrogens is 1. The van der Waals surface area contributed by atoms with E-state index in [1.54, 1.807) is 0 Å². The van der Waals surface area contributed by atoms with Crippen LogP contribution in [0.25, 0.3) is 10.4 Å². The highest BCUT2D eigenvalue weighted by Crippen LogP contribution is 2.52. The van der Waals surface area contributed by atoms with Crippen LogP contribution in [-0.4, -0.2) is 50.3 Å². The van der Waals surface area contributed by atoms with Gasteiger partial charge in [0.1, 0.15) is 0 Å². The maximum atomic E-state index is 14.5. The van der Waals surface area contributed by atoms with E-state index in [9.17, 15) is 39.6 Å². The molecule has 1 aromatic heterocycles. The Balaban J connectivity index is 1.83. The van der Waals surface area contributed by atoms with Gasteiger partial charge in [0.2, 0.25) is 10.0 Å². The summed E-state index contributed by atoms with van der Waals surface area (Å²) in [6.07, 6.45) is -8.30. The Kier molecular flexibility index (Phi) is 9.61. The van der Waals surface area contributed by atoms with Gasteiger partial charge in [0.05, 0.1) is 26.4 Å². The Morgan fingerprint density at radius 3 is 2.23 bits per heavy atom. The summed E-state index contributed by atoms with van der Waals surface area (Å²) in [6, 6.07) is 2.27. The normalized spacial score (nSPS) is 18.9. The number of thiazole rings is 1. The molecule has 0 unspecified atom stereocenters. The van der Waals surface area contributed by atoms with Gasteiger partial charge in [-0.3, -0.25) is 4.79 Å². The van der Waals surface area contributed by atoms with E-state index in [2.05, 4.69) is 15.0 Å². The Morgan fingerprint density at radius 2 is 1.67 bits per heavy atom. The third kappa shape index (κ3) is 7.90. The molecule has 1 aliphatic carbocycles. The molecule has 1 aliphatic heterocycles. The number of hydrogen-bond donors (Lipinski definition) is 2. The second-order valence-electron chi connectivity index (χ2n) is 12.2. The highest BCUT2D eigenvalue weighted by Gasteiger charge is 2.55. The van der Waals surface area contributed by atoms with Crippen molar-refractivity contribution < 1.29 is 44.3 Å². The molecule has 2 fully saturated rings. The van der Waals surface area contributed by atoms with Crippen LogP contribution < -0.4 is 10.0 Å². The lowest BCUT2D eigenvalue weighted by Crippen LogP contribution is -2.42. The Bertz CT molecular complexity index is 1420. The van der Waals surface area contributed by atoms with Crippen LogP contribution in [0.4, 0.5) is 26.3 Å². The number of alkyl halides is 6. The van der Waals surface area contributed by atoms with Crippen LogP contribution in [-0.2, 0) is 27.4 Å². The second-order valence-corrected chi connectivity index (χ2v) is 14.9. The van der Waals surface area contributed by atoms with Gasteiger partial charge in [-0.2, -0.15) is 26.3 Å². The van der Waals surface area contributed by atoms with Crippen LogP contribution in [0.2, 0.25) is 0 Å². The Morgan fingerprint density at radius 1 is 1.05 bits per heavy atom. The molecule has 2 N–H and O–H groups in total. The molecule has 7 nitrogen and oxygen atoms in total. The summed E-state index contributed by atoms with van der Waals surface area (Å²) in [4.78, 5) is 16.4. The van der Waals surface area contributed by atoms with Gasteiger partial charge in [0, 0.05) is 31.2 Å². The lowest BCUT2D eigenvalue weighted by molar-refractivity contribution is -0.234. The first kappa shape index (κ1) is 33.7. The number of nitrogens with one attached hydrogen (secondary N) is 2. The molecule has 4 rings (SSSR count). The van der Waals surface area contributed by atoms with Gasteiger partial charge < -0.3 is 10.1 Å². The van der Waals surface area contributed by atoms with Crippen molar-refractivity contribution in [3.05, 3.63) is 34.5 Å². The van der Waals surface area contributed by atoms with Gasteiger partial charge in [-0.15, -0.1) is 11.3 Å². The van der Waals surface area contributed by atoms with Crippen molar-refractivity contribution in [3.63, 3.8) is 0 Å². The van der Waals surface area contributed by atoms with Crippen molar-refractivity contribution in [1.29, 1.82) is 0 Å². The van der Waals surface area contributed by atoms with Crippen LogP contribution in [0.5, 0.6) is 0 Å². The van der Waals surface area contributed by atoms with Gasteiger partial charge in [0.25, 0.3) is 5.91 Å². The molecule has 240 valence electrons. The topological polar surface area (TPSA) is 97.4 Å². The van der Waals surface area contributed by atoms with Crippen LogP contribution in [0.1, 0.15) is 86.8 Å². The van der Waals surface area contributed by atoms with E-state index in [4.69, 9.17) is 4.74 Å². The number of carbonyl (C=O) groups is 1. The molecule has 0 atom stereocenters. The number of benzene rings is 1. The van der Waals surface area contributed by atoms with Crippen molar-refractivity contribution in [2.75, 3.05) is 13.2 Å². The van der Waals surface area contributed by atoms with E-state index in [0.717, 1.165) is 12.1 Å². The average molecular weight is 656 g/mol.